The van der Waals surface area contributed by atoms with Crippen LogP contribution >= 0.6 is 0 Å². The Morgan fingerprint density at radius 2 is 2.10 bits per heavy atom. The van der Waals surface area contributed by atoms with E-state index in [0.29, 0.717) is 17.5 Å². The first-order valence-electron chi connectivity index (χ1n) is 6.07. The standard InChI is InChI=1S/C15H11FN2O2/c16-12-4-1-5-13-11(12)6-8-18(13)9-10-3-2-7-17-14(10)15(19)20/h1-8H,9H2,(H,19,20). The monoisotopic (exact) mass is 270 g/mol. The van der Waals surface area contributed by atoms with Crippen LogP contribution in [0.4, 0.5) is 4.39 Å². The Labute approximate surface area is 114 Å². The van der Waals surface area contributed by atoms with Crippen molar-refractivity contribution < 1.29 is 14.3 Å². The van der Waals surface area contributed by atoms with Crippen molar-refractivity contribution in [1.82, 2.24) is 9.55 Å². The van der Waals surface area contributed by atoms with Gasteiger partial charge in [-0.25, -0.2) is 14.2 Å². The largest absolute Gasteiger partial charge is 0.477 e. The fourth-order valence-electron chi connectivity index (χ4n) is 2.27. The maximum atomic E-state index is 13.6. The van der Waals surface area contributed by atoms with E-state index in [2.05, 4.69) is 4.98 Å². The number of nitrogens with zero attached hydrogens (tertiary/aromatic N) is 2. The summed E-state index contributed by atoms with van der Waals surface area (Å²) in [5.74, 6) is -1.35. The Morgan fingerprint density at radius 1 is 1.25 bits per heavy atom. The highest BCUT2D eigenvalue weighted by atomic mass is 19.1. The quantitative estimate of drug-likeness (QED) is 0.796. The SMILES string of the molecule is O=C(O)c1ncccc1Cn1ccc2c(F)cccc21. The van der Waals surface area contributed by atoms with Gasteiger partial charge >= 0.3 is 5.97 Å². The Morgan fingerprint density at radius 3 is 2.90 bits per heavy atom. The summed E-state index contributed by atoms with van der Waals surface area (Å²) in [6.45, 7) is 0.336. The van der Waals surface area contributed by atoms with Crippen LogP contribution in [0.5, 0.6) is 0 Å². The first kappa shape index (κ1) is 12.3. The average Bonchev–Trinajstić information content (AvgIpc) is 2.84. The Balaban J connectivity index is 2.06. The zero-order valence-corrected chi connectivity index (χ0v) is 10.5. The Bertz CT molecular complexity index is 795. The molecule has 4 nitrogen and oxygen atoms in total. The van der Waals surface area contributed by atoms with Gasteiger partial charge in [0.05, 0.1) is 5.52 Å². The molecule has 0 aliphatic heterocycles. The summed E-state index contributed by atoms with van der Waals surface area (Å²) in [5.41, 5.74) is 1.33. The lowest BCUT2D eigenvalue weighted by atomic mass is 10.2. The van der Waals surface area contributed by atoms with Gasteiger partial charge in [0.1, 0.15) is 5.82 Å². The van der Waals surface area contributed by atoms with Gasteiger partial charge in [-0.05, 0) is 24.3 Å². The molecule has 0 saturated carbocycles. The van der Waals surface area contributed by atoms with E-state index in [9.17, 15) is 9.18 Å². The molecule has 0 bridgehead atoms. The van der Waals surface area contributed by atoms with Gasteiger partial charge in [-0.1, -0.05) is 12.1 Å². The minimum absolute atomic E-state index is 0.0192. The molecule has 0 amide bonds. The second-order valence-corrected chi connectivity index (χ2v) is 4.43. The molecule has 2 aromatic heterocycles. The van der Waals surface area contributed by atoms with Gasteiger partial charge in [0.25, 0.3) is 0 Å². The van der Waals surface area contributed by atoms with Crippen molar-refractivity contribution >= 4 is 16.9 Å². The summed E-state index contributed by atoms with van der Waals surface area (Å²) in [6, 6.07) is 9.92. The fraction of sp³-hybridized carbons (Fsp3) is 0.0667. The number of benzene rings is 1. The molecule has 100 valence electrons. The van der Waals surface area contributed by atoms with Crippen LogP contribution in [-0.2, 0) is 6.54 Å². The molecular formula is C15H11FN2O2. The van der Waals surface area contributed by atoms with Crippen molar-refractivity contribution in [3.05, 3.63) is 65.9 Å². The Kier molecular flexibility index (Phi) is 2.95. The molecule has 0 saturated heterocycles. The van der Waals surface area contributed by atoms with E-state index in [1.807, 2.05) is 4.57 Å². The van der Waals surface area contributed by atoms with Gasteiger partial charge in [-0.2, -0.15) is 0 Å². The predicted molar refractivity (Wildman–Crippen MR) is 72.2 cm³/mol. The van der Waals surface area contributed by atoms with Crippen LogP contribution < -0.4 is 0 Å². The summed E-state index contributed by atoms with van der Waals surface area (Å²) in [6.07, 6.45) is 3.19. The van der Waals surface area contributed by atoms with Gasteiger partial charge in [0, 0.05) is 29.9 Å². The molecule has 3 aromatic rings. The number of fused-ring (bicyclic) bond motifs is 1. The van der Waals surface area contributed by atoms with Crippen LogP contribution in [0, 0.1) is 5.82 Å². The number of hydrogen-bond acceptors (Lipinski definition) is 2. The lowest BCUT2D eigenvalue weighted by molar-refractivity contribution is 0.0689. The third-order valence-corrected chi connectivity index (χ3v) is 3.20. The zero-order chi connectivity index (χ0) is 14.1. The van der Waals surface area contributed by atoms with E-state index in [1.54, 1.807) is 36.5 Å². The molecule has 1 N–H and O–H groups in total. The van der Waals surface area contributed by atoms with Crippen molar-refractivity contribution in [2.75, 3.05) is 0 Å². The molecular weight excluding hydrogens is 259 g/mol. The molecule has 1 aromatic carbocycles. The normalized spacial score (nSPS) is 10.8. The highest BCUT2D eigenvalue weighted by molar-refractivity contribution is 5.87. The number of aromatic nitrogens is 2. The Hall–Kier alpha value is -2.69. The van der Waals surface area contributed by atoms with E-state index in [1.165, 1.54) is 12.3 Å². The fourth-order valence-corrected chi connectivity index (χ4v) is 2.27. The first-order valence-corrected chi connectivity index (χ1v) is 6.07. The number of hydrogen-bond donors (Lipinski definition) is 1. The lowest BCUT2D eigenvalue weighted by Crippen LogP contribution is -2.08. The van der Waals surface area contributed by atoms with Crippen LogP contribution in [-0.4, -0.2) is 20.6 Å². The third-order valence-electron chi connectivity index (χ3n) is 3.20. The minimum atomic E-state index is -1.07. The maximum absolute atomic E-state index is 13.6. The van der Waals surface area contributed by atoms with E-state index in [0.717, 1.165) is 5.52 Å². The molecule has 0 spiro atoms. The maximum Gasteiger partial charge on any atom is 0.354 e. The number of aromatic carboxylic acids is 1. The van der Waals surface area contributed by atoms with E-state index < -0.39 is 5.97 Å². The number of halogens is 1. The first-order chi connectivity index (χ1) is 9.66. The van der Waals surface area contributed by atoms with Gasteiger partial charge in [-0.3, -0.25) is 0 Å². The molecule has 0 atom stereocenters. The molecule has 0 unspecified atom stereocenters. The number of pyridine rings is 1. The van der Waals surface area contributed by atoms with E-state index in [-0.39, 0.29) is 11.5 Å². The van der Waals surface area contributed by atoms with Gasteiger partial charge in [0.2, 0.25) is 0 Å². The minimum Gasteiger partial charge on any atom is -0.477 e. The third kappa shape index (κ3) is 2.03. The summed E-state index contributed by atoms with van der Waals surface area (Å²) in [5, 5.41) is 9.64. The van der Waals surface area contributed by atoms with Gasteiger partial charge in [0.15, 0.2) is 5.69 Å². The molecule has 3 rings (SSSR count). The van der Waals surface area contributed by atoms with E-state index >= 15 is 0 Å². The second-order valence-electron chi connectivity index (χ2n) is 4.43. The number of carboxylic acid groups (broad SMARTS) is 1. The van der Waals surface area contributed by atoms with Crippen LogP contribution in [0.15, 0.2) is 48.8 Å². The summed E-state index contributed by atoms with van der Waals surface area (Å²) < 4.78 is 15.4. The number of carboxylic acids is 1. The van der Waals surface area contributed by atoms with Crippen LogP contribution in [0.2, 0.25) is 0 Å². The topological polar surface area (TPSA) is 55.1 Å². The van der Waals surface area contributed by atoms with Crippen molar-refractivity contribution in [3.8, 4) is 0 Å². The van der Waals surface area contributed by atoms with E-state index in [4.69, 9.17) is 5.11 Å². The zero-order valence-electron chi connectivity index (χ0n) is 10.5. The molecule has 20 heavy (non-hydrogen) atoms. The smallest absolute Gasteiger partial charge is 0.354 e. The highest BCUT2D eigenvalue weighted by Crippen LogP contribution is 2.20. The summed E-state index contributed by atoms with van der Waals surface area (Å²) in [4.78, 5) is 15.0. The number of carbonyl (C=O) groups is 1. The molecule has 0 radical (unpaired) electrons. The summed E-state index contributed by atoms with van der Waals surface area (Å²) >= 11 is 0. The van der Waals surface area contributed by atoms with Crippen LogP contribution in [0.25, 0.3) is 10.9 Å². The van der Waals surface area contributed by atoms with Crippen LogP contribution in [0.3, 0.4) is 0 Å². The average molecular weight is 270 g/mol. The summed E-state index contributed by atoms with van der Waals surface area (Å²) in [7, 11) is 0. The molecule has 0 aliphatic rings. The molecule has 2 heterocycles. The van der Waals surface area contributed by atoms with Crippen molar-refractivity contribution in [3.63, 3.8) is 0 Å². The second kappa shape index (κ2) is 4.77. The van der Waals surface area contributed by atoms with Gasteiger partial charge < -0.3 is 9.67 Å². The highest BCUT2D eigenvalue weighted by Gasteiger charge is 2.12. The number of rotatable bonds is 3. The van der Waals surface area contributed by atoms with Gasteiger partial charge in [-0.15, -0.1) is 0 Å². The molecule has 0 fully saturated rings. The molecule has 5 heteroatoms. The lowest BCUT2D eigenvalue weighted by Gasteiger charge is -2.08. The predicted octanol–water partition coefficient (Wildman–Crippen LogP) is 2.92. The van der Waals surface area contributed by atoms with Crippen LogP contribution in [0.1, 0.15) is 16.1 Å². The van der Waals surface area contributed by atoms with Crippen molar-refractivity contribution in [1.29, 1.82) is 0 Å². The van der Waals surface area contributed by atoms with Crippen molar-refractivity contribution in [2.24, 2.45) is 0 Å². The van der Waals surface area contributed by atoms with Crippen molar-refractivity contribution in [2.45, 2.75) is 6.54 Å². The molecule has 0 aliphatic carbocycles.